The molecule has 1 aromatic carbocycles. The molecule has 0 aliphatic carbocycles. The third-order valence-corrected chi connectivity index (χ3v) is 9.02. The molecule has 0 unspecified atom stereocenters. The first-order valence-electron chi connectivity index (χ1n) is 18.0. The molecule has 2 rings (SSSR count). The molecule has 0 bridgehead atoms. The molecule has 1 aromatic heterocycles. The highest BCUT2D eigenvalue weighted by Crippen LogP contribution is 2.20. The second-order valence-corrected chi connectivity index (χ2v) is 13.9. The number of nitrogens with one attached hydrogen (secondary N) is 6. The molecule has 6 amide bonds. The molecule has 0 fully saturated rings. The Morgan fingerprint density at radius 1 is 0.727 bits per heavy atom. The number of aromatic amines is 1. The fourth-order valence-electron chi connectivity index (χ4n) is 5.58. The first-order chi connectivity index (χ1) is 25.9. The summed E-state index contributed by atoms with van der Waals surface area (Å²) >= 11 is 0. The van der Waals surface area contributed by atoms with Crippen molar-refractivity contribution < 1.29 is 53.7 Å². The van der Waals surface area contributed by atoms with E-state index >= 15 is 0 Å². The van der Waals surface area contributed by atoms with Crippen molar-refractivity contribution in [3.63, 3.8) is 0 Å². The number of primary amides is 1. The van der Waals surface area contributed by atoms with Gasteiger partial charge in [-0.25, -0.2) is 4.79 Å². The lowest BCUT2D eigenvalue weighted by molar-refractivity contribution is -0.143. The minimum atomic E-state index is -1.66. The Hall–Kier alpha value is -5.56. The van der Waals surface area contributed by atoms with Crippen LogP contribution in [0.15, 0.2) is 30.5 Å². The average molecular weight is 775 g/mol. The first-order valence-corrected chi connectivity index (χ1v) is 18.0. The van der Waals surface area contributed by atoms with Gasteiger partial charge in [-0.05, 0) is 42.7 Å². The summed E-state index contributed by atoms with van der Waals surface area (Å²) < 4.78 is 0. The predicted molar refractivity (Wildman–Crippen MR) is 199 cm³/mol. The van der Waals surface area contributed by atoms with E-state index in [1.54, 1.807) is 51.2 Å². The van der Waals surface area contributed by atoms with E-state index in [1.807, 2.05) is 6.92 Å². The number of carbonyl (C=O) groups excluding carboxylic acids is 6. The van der Waals surface area contributed by atoms with E-state index in [1.165, 1.54) is 0 Å². The van der Waals surface area contributed by atoms with Crippen LogP contribution in [0, 0.1) is 11.8 Å². The minimum absolute atomic E-state index is 0.0328. The standard InChI is InChI=1S/C36H54N8O11/c1-5-19(4)30(38)35(53)40-23(10-12-28(37)46)31(49)44-27(17-45)34(52)43-26(15-20-16-39-22-9-7-6-8-21(20)22)33(51)42-25(14-18(2)3)32(50)41-24(36(54)55)11-13-29(47)48/h6-9,16,18-19,23-27,30,39,45H,5,10-15,17,38H2,1-4H3,(H2,37,46)(H,40,53)(H,41,50)(H,42,51)(H,43,52)(H,44,49)(H,47,48)(H,54,55)/t19-,23-,24-,25-,26-,27-,30-/m0/s1. The van der Waals surface area contributed by atoms with Crippen molar-refractivity contribution in [2.75, 3.05) is 6.61 Å². The Morgan fingerprint density at radius 2 is 1.25 bits per heavy atom. The fraction of sp³-hybridized carbons (Fsp3) is 0.556. The molecule has 0 saturated heterocycles. The van der Waals surface area contributed by atoms with Gasteiger partial charge in [0.15, 0.2) is 0 Å². The normalized spacial score (nSPS) is 15.0. The summed E-state index contributed by atoms with van der Waals surface area (Å²) in [5, 5.41) is 41.7. The topological polar surface area (TPSA) is 325 Å². The number of aliphatic hydroxyl groups is 1. The zero-order valence-corrected chi connectivity index (χ0v) is 31.4. The number of rotatable bonds is 24. The van der Waals surface area contributed by atoms with E-state index in [0.29, 0.717) is 17.4 Å². The highest BCUT2D eigenvalue weighted by molar-refractivity contribution is 5.97. The number of amides is 6. The monoisotopic (exact) mass is 774 g/mol. The van der Waals surface area contributed by atoms with Crippen molar-refractivity contribution in [1.82, 2.24) is 31.6 Å². The van der Waals surface area contributed by atoms with Gasteiger partial charge >= 0.3 is 11.9 Å². The van der Waals surface area contributed by atoms with E-state index in [-0.39, 0.29) is 37.5 Å². The number of nitrogens with two attached hydrogens (primary N) is 2. The van der Waals surface area contributed by atoms with Crippen LogP contribution in [0.1, 0.15) is 71.8 Å². The summed E-state index contributed by atoms with van der Waals surface area (Å²) in [6.07, 6.45) is 0.563. The van der Waals surface area contributed by atoms with Gasteiger partial charge in [-0.1, -0.05) is 52.3 Å². The molecule has 55 heavy (non-hydrogen) atoms. The fourth-order valence-corrected chi connectivity index (χ4v) is 5.58. The van der Waals surface area contributed by atoms with E-state index in [9.17, 15) is 48.6 Å². The van der Waals surface area contributed by atoms with Gasteiger partial charge < -0.3 is 58.4 Å². The van der Waals surface area contributed by atoms with Crippen LogP contribution in [0.4, 0.5) is 0 Å². The number of hydrogen-bond donors (Lipinski definition) is 11. The smallest absolute Gasteiger partial charge is 0.326 e. The van der Waals surface area contributed by atoms with E-state index in [0.717, 1.165) is 5.52 Å². The number of fused-ring (bicyclic) bond motifs is 1. The number of benzene rings is 1. The lowest BCUT2D eigenvalue weighted by atomic mass is 9.98. The van der Waals surface area contributed by atoms with Gasteiger partial charge in [-0.2, -0.15) is 0 Å². The molecular formula is C36H54N8O11. The van der Waals surface area contributed by atoms with Crippen molar-refractivity contribution in [2.45, 2.75) is 109 Å². The van der Waals surface area contributed by atoms with Gasteiger partial charge in [0.25, 0.3) is 0 Å². The second kappa shape index (κ2) is 22.0. The SMILES string of the molecule is CC[C@H](C)[C@H](N)C(=O)N[C@@H](CCC(N)=O)C(=O)N[C@@H](CO)C(=O)N[C@@H](Cc1c[nH]c2ccccc12)C(=O)N[C@@H](CC(C)C)C(=O)N[C@@H](CCC(=O)O)C(=O)O. The molecule has 0 saturated carbocycles. The Bertz CT molecular complexity index is 1680. The van der Waals surface area contributed by atoms with Gasteiger partial charge in [0.1, 0.15) is 30.2 Å². The number of aromatic nitrogens is 1. The Labute approximate surface area is 318 Å². The number of carboxylic acids is 2. The summed E-state index contributed by atoms with van der Waals surface area (Å²) in [5.74, 6) is -8.35. The molecule has 19 heteroatoms. The largest absolute Gasteiger partial charge is 0.481 e. The van der Waals surface area contributed by atoms with E-state index in [2.05, 4.69) is 31.6 Å². The highest BCUT2D eigenvalue weighted by Gasteiger charge is 2.34. The lowest BCUT2D eigenvalue weighted by Gasteiger charge is -2.27. The van der Waals surface area contributed by atoms with Crippen LogP contribution < -0.4 is 38.1 Å². The molecule has 0 radical (unpaired) electrons. The second-order valence-electron chi connectivity index (χ2n) is 13.9. The highest BCUT2D eigenvalue weighted by atomic mass is 16.4. The van der Waals surface area contributed by atoms with Gasteiger partial charge in [0.05, 0.1) is 12.6 Å². The molecule has 304 valence electrons. The van der Waals surface area contributed by atoms with E-state index in [4.69, 9.17) is 16.6 Å². The van der Waals surface area contributed by atoms with Crippen molar-refractivity contribution in [2.24, 2.45) is 23.3 Å². The van der Waals surface area contributed by atoms with E-state index < -0.39 is 103 Å². The first kappa shape index (κ1) is 45.6. The Morgan fingerprint density at radius 3 is 1.84 bits per heavy atom. The number of aliphatic hydroxyl groups excluding tert-OH is 1. The number of carboxylic acid groups (broad SMARTS) is 2. The lowest BCUT2D eigenvalue weighted by Crippen LogP contribution is -2.60. The number of H-pyrrole nitrogens is 1. The third kappa shape index (κ3) is 14.7. The average Bonchev–Trinajstić information content (AvgIpc) is 3.54. The molecule has 0 aliphatic rings. The number of aliphatic carboxylic acids is 2. The van der Waals surface area contributed by atoms with Gasteiger partial charge in [0.2, 0.25) is 35.4 Å². The molecule has 1 heterocycles. The molecule has 19 nitrogen and oxygen atoms in total. The van der Waals surface area contributed by atoms with Gasteiger partial charge in [-0.3, -0.25) is 33.6 Å². The molecular weight excluding hydrogens is 720 g/mol. The molecule has 13 N–H and O–H groups in total. The maximum atomic E-state index is 14.0. The quantitative estimate of drug-likeness (QED) is 0.0597. The third-order valence-electron chi connectivity index (χ3n) is 9.02. The van der Waals surface area contributed by atoms with Crippen LogP contribution in [0.3, 0.4) is 0 Å². The number of carbonyl (C=O) groups is 8. The van der Waals surface area contributed by atoms with Crippen LogP contribution in [-0.4, -0.2) is 111 Å². The van der Waals surface area contributed by atoms with Gasteiger partial charge in [-0.15, -0.1) is 0 Å². The summed E-state index contributed by atoms with van der Waals surface area (Å²) in [6, 6.07) is -1.21. The summed E-state index contributed by atoms with van der Waals surface area (Å²) in [7, 11) is 0. The molecule has 0 aliphatic heterocycles. The summed E-state index contributed by atoms with van der Waals surface area (Å²) in [4.78, 5) is 105. The van der Waals surface area contributed by atoms with Crippen LogP contribution in [0.2, 0.25) is 0 Å². The minimum Gasteiger partial charge on any atom is -0.481 e. The van der Waals surface area contributed by atoms with Crippen LogP contribution >= 0.6 is 0 Å². The van der Waals surface area contributed by atoms with Crippen molar-refractivity contribution in [3.05, 3.63) is 36.0 Å². The van der Waals surface area contributed by atoms with Crippen LogP contribution in [-0.2, 0) is 44.8 Å². The van der Waals surface area contributed by atoms with Crippen molar-refractivity contribution >= 4 is 58.3 Å². The Kier molecular flexibility index (Phi) is 18.2. The molecule has 0 spiro atoms. The molecule has 7 atom stereocenters. The maximum Gasteiger partial charge on any atom is 0.326 e. The summed E-state index contributed by atoms with van der Waals surface area (Å²) in [6.45, 7) is 6.12. The predicted octanol–water partition coefficient (Wildman–Crippen LogP) is -1.24. The molecule has 2 aromatic rings. The summed E-state index contributed by atoms with van der Waals surface area (Å²) in [5.41, 5.74) is 12.6. The number of para-hydroxylation sites is 1. The zero-order valence-electron chi connectivity index (χ0n) is 31.4. The number of hydrogen-bond acceptors (Lipinski definition) is 10. The van der Waals surface area contributed by atoms with Crippen LogP contribution in [0.25, 0.3) is 10.9 Å². The zero-order chi connectivity index (χ0) is 41.4. The Balaban J connectivity index is 2.39. The van der Waals surface area contributed by atoms with Crippen molar-refractivity contribution in [1.29, 1.82) is 0 Å². The van der Waals surface area contributed by atoms with Crippen molar-refractivity contribution in [3.8, 4) is 0 Å². The van der Waals surface area contributed by atoms with Crippen LogP contribution in [0.5, 0.6) is 0 Å². The maximum absolute atomic E-state index is 14.0. The van der Waals surface area contributed by atoms with Gasteiger partial charge in [0, 0.05) is 36.4 Å².